The summed E-state index contributed by atoms with van der Waals surface area (Å²) in [5, 5.41) is -0.403. The van der Waals surface area contributed by atoms with E-state index >= 15 is 0 Å². The quantitative estimate of drug-likeness (QED) is 0.713. The lowest BCUT2D eigenvalue weighted by molar-refractivity contribution is 0.315. The fraction of sp³-hybridized carbons (Fsp3) is 0.500. The van der Waals surface area contributed by atoms with Crippen molar-refractivity contribution in [3.05, 3.63) is 23.5 Å². The van der Waals surface area contributed by atoms with Crippen molar-refractivity contribution in [2.24, 2.45) is 0 Å². The number of alkyl halides is 1. The van der Waals surface area contributed by atoms with Crippen LogP contribution in [0.25, 0.3) is 0 Å². The maximum absolute atomic E-state index is 13.6. The van der Waals surface area contributed by atoms with Gasteiger partial charge in [0.05, 0.1) is 11.4 Å². The third-order valence-electron chi connectivity index (χ3n) is 2.01. The number of hydrogen-bond donors (Lipinski definition) is 0. The Morgan fingerprint density at radius 2 is 2.00 bits per heavy atom. The van der Waals surface area contributed by atoms with E-state index in [1.807, 2.05) is 6.07 Å². The summed E-state index contributed by atoms with van der Waals surface area (Å²) in [5.41, 5.74) is 1.41. The minimum atomic E-state index is -1.44. The molecule has 1 nitrogen and oxygen atoms in total. The van der Waals surface area contributed by atoms with Crippen LogP contribution in [0.5, 0.6) is 0 Å². The predicted octanol–water partition coefficient (Wildman–Crippen LogP) is 2.72. The van der Waals surface area contributed by atoms with Gasteiger partial charge in [0.1, 0.15) is 0 Å². The van der Waals surface area contributed by atoms with Crippen molar-refractivity contribution >= 4 is 23.8 Å². The van der Waals surface area contributed by atoms with Crippen LogP contribution < -0.4 is 5.30 Å². The van der Waals surface area contributed by atoms with Crippen LogP contribution >= 0.6 is 18.5 Å². The Bertz CT molecular complexity index is 331. The molecule has 4 heteroatoms. The maximum atomic E-state index is 13.6. The lowest BCUT2D eigenvalue weighted by atomic mass is 10.1. The van der Waals surface area contributed by atoms with Gasteiger partial charge in [-0.15, -0.1) is 9.24 Å². The van der Waals surface area contributed by atoms with Crippen LogP contribution in [0.2, 0.25) is 0 Å². The van der Waals surface area contributed by atoms with Gasteiger partial charge >= 0.3 is 0 Å². The molecule has 3 atom stereocenters. The van der Waals surface area contributed by atoms with Crippen molar-refractivity contribution < 1.29 is 4.39 Å². The van der Waals surface area contributed by atoms with E-state index in [0.717, 1.165) is 11.0 Å². The Morgan fingerprint density at radius 1 is 1.43 bits per heavy atom. The summed E-state index contributed by atoms with van der Waals surface area (Å²) in [4.78, 5) is 4.33. The molecule has 3 unspecified atom stereocenters. The van der Waals surface area contributed by atoms with Crippen molar-refractivity contribution in [3.8, 4) is 0 Å². The second-order valence-electron chi connectivity index (χ2n) is 3.90. The van der Waals surface area contributed by atoms with Crippen LogP contribution in [0.15, 0.2) is 12.1 Å². The second-order valence-corrected chi connectivity index (χ2v) is 5.61. The molecule has 0 N–H and O–H groups in total. The molecule has 0 aliphatic rings. The van der Waals surface area contributed by atoms with Crippen molar-refractivity contribution in [2.45, 2.75) is 32.1 Å². The molecule has 1 aromatic rings. The maximum Gasteiger partial charge on any atom is 0.162 e. The van der Waals surface area contributed by atoms with Crippen LogP contribution in [0, 0.1) is 0 Å². The molecule has 0 bridgehead atoms. The predicted molar refractivity (Wildman–Crippen MR) is 65.8 cm³/mol. The first-order valence-corrected chi connectivity index (χ1v) is 5.72. The smallest absolute Gasteiger partial charge is 0.162 e. The number of rotatable bonds is 2. The molecule has 0 spiro atoms. The summed E-state index contributed by atoms with van der Waals surface area (Å²) in [6.45, 7) is 5.60. The van der Waals surface area contributed by atoms with Gasteiger partial charge in [0.25, 0.3) is 0 Å². The second kappa shape index (κ2) is 4.21. The van der Waals surface area contributed by atoms with Crippen LogP contribution in [-0.2, 0) is 5.41 Å². The summed E-state index contributed by atoms with van der Waals surface area (Å²) in [7, 11) is 4.79. The normalized spacial score (nSPS) is 15.6. The molecule has 1 rings (SSSR count). The number of aromatic nitrogens is 1. The minimum absolute atomic E-state index is 0.315. The largest absolute Gasteiger partial charge is 0.253 e. The van der Waals surface area contributed by atoms with Crippen molar-refractivity contribution in [3.63, 3.8) is 0 Å². The Labute approximate surface area is 89.3 Å². The van der Waals surface area contributed by atoms with Gasteiger partial charge < -0.3 is 0 Å². The minimum Gasteiger partial charge on any atom is -0.253 e. The molecule has 0 fully saturated rings. The third-order valence-corrected chi connectivity index (χ3v) is 2.79. The van der Waals surface area contributed by atoms with Crippen LogP contribution in [0.3, 0.4) is 0 Å². The lowest BCUT2D eigenvalue weighted by Crippen LogP contribution is -2.14. The molecule has 1 aromatic heterocycles. The van der Waals surface area contributed by atoms with Gasteiger partial charge in [-0.3, -0.25) is 4.98 Å². The molecule has 0 aliphatic carbocycles. The Kier molecular flexibility index (Phi) is 3.61. The lowest BCUT2D eigenvalue weighted by Gasteiger charge is -2.16. The summed E-state index contributed by atoms with van der Waals surface area (Å²) in [6, 6.07) is 3.62. The number of pyridine rings is 1. The zero-order chi connectivity index (χ0) is 10.9. The van der Waals surface area contributed by atoms with Gasteiger partial charge in [0.15, 0.2) is 5.41 Å². The third kappa shape index (κ3) is 2.72. The van der Waals surface area contributed by atoms with E-state index in [9.17, 15) is 4.39 Å². The fourth-order valence-corrected chi connectivity index (χ4v) is 1.88. The summed E-state index contributed by atoms with van der Waals surface area (Å²) >= 11 is 0. The van der Waals surface area contributed by atoms with E-state index in [4.69, 9.17) is 0 Å². The van der Waals surface area contributed by atoms with Crippen LogP contribution in [-0.4, -0.2) is 4.98 Å². The molecular formula is C10H16FNP2. The van der Waals surface area contributed by atoms with E-state index in [-0.39, 0.29) is 0 Å². The summed E-state index contributed by atoms with van der Waals surface area (Å²) in [5.74, 6) is 0.315. The standard InChI is InChI=1S/C10H16FNP2/c1-6(2)9-7(13)4-5-8(12-9)10(3,11)14/h4-6H,13-14H2,1-3H3. The van der Waals surface area contributed by atoms with Gasteiger partial charge in [0.2, 0.25) is 0 Å². The first-order chi connectivity index (χ1) is 6.32. The fourth-order valence-electron chi connectivity index (χ4n) is 1.22. The average molecular weight is 231 g/mol. The topological polar surface area (TPSA) is 12.9 Å². The summed E-state index contributed by atoms with van der Waals surface area (Å²) in [6.07, 6.45) is 0. The zero-order valence-electron chi connectivity index (χ0n) is 8.71. The number of hydrogen-bond acceptors (Lipinski definition) is 1. The highest BCUT2D eigenvalue weighted by Crippen LogP contribution is 2.31. The highest BCUT2D eigenvalue weighted by molar-refractivity contribution is 7.27. The number of nitrogens with zero attached hydrogens (tertiary/aromatic N) is 1. The number of halogens is 1. The zero-order valence-corrected chi connectivity index (χ0v) is 11.0. The first-order valence-electron chi connectivity index (χ1n) is 4.57. The van der Waals surface area contributed by atoms with E-state index < -0.39 is 5.41 Å². The monoisotopic (exact) mass is 231 g/mol. The summed E-state index contributed by atoms with van der Waals surface area (Å²) < 4.78 is 13.6. The molecule has 1 heterocycles. The van der Waals surface area contributed by atoms with E-state index in [1.165, 1.54) is 6.92 Å². The first kappa shape index (κ1) is 12.0. The molecule has 0 aliphatic heterocycles. The van der Waals surface area contributed by atoms with E-state index in [2.05, 4.69) is 37.3 Å². The van der Waals surface area contributed by atoms with E-state index in [1.54, 1.807) is 6.07 Å². The SMILES string of the molecule is CC(C)c1nc(C(C)(F)P)ccc1P. The molecule has 0 aromatic carbocycles. The Hall–Kier alpha value is -0.0600. The van der Waals surface area contributed by atoms with Gasteiger partial charge in [-0.2, -0.15) is 0 Å². The van der Waals surface area contributed by atoms with E-state index in [0.29, 0.717) is 11.6 Å². The highest BCUT2D eigenvalue weighted by atomic mass is 31.0. The van der Waals surface area contributed by atoms with Crippen molar-refractivity contribution in [2.75, 3.05) is 0 Å². The Morgan fingerprint density at radius 3 is 2.43 bits per heavy atom. The molecule has 0 radical (unpaired) electrons. The van der Waals surface area contributed by atoms with Crippen LogP contribution in [0.1, 0.15) is 38.1 Å². The van der Waals surface area contributed by atoms with Gasteiger partial charge in [0, 0.05) is 0 Å². The van der Waals surface area contributed by atoms with Gasteiger partial charge in [-0.05, 0) is 24.2 Å². The van der Waals surface area contributed by atoms with Gasteiger partial charge in [-0.25, -0.2) is 4.39 Å². The molecular weight excluding hydrogens is 215 g/mol. The van der Waals surface area contributed by atoms with Gasteiger partial charge in [-0.1, -0.05) is 29.2 Å². The molecule has 14 heavy (non-hydrogen) atoms. The van der Waals surface area contributed by atoms with Crippen molar-refractivity contribution in [1.82, 2.24) is 4.98 Å². The average Bonchev–Trinajstić information content (AvgIpc) is 2.02. The molecule has 78 valence electrons. The van der Waals surface area contributed by atoms with Crippen LogP contribution in [0.4, 0.5) is 4.39 Å². The Balaban J connectivity index is 3.20. The molecule has 0 amide bonds. The molecule has 0 saturated carbocycles. The van der Waals surface area contributed by atoms with Crippen molar-refractivity contribution in [1.29, 1.82) is 0 Å². The molecule has 0 saturated heterocycles. The highest BCUT2D eigenvalue weighted by Gasteiger charge is 2.21.